The fourth-order valence-electron chi connectivity index (χ4n) is 1.88. The van der Waals surface area contributed by atoms with Crippen molar-refractivity contribution in [3.8, 4) is 6.07 Å². The minimum Gasteiger partial charge on any atom is -0.367 e. The lowest BCUT2D eigenvalue weighted by molar-refractivity contribution is 0.356. The first-order valence-electron chi connectivity index (χ1n) is 5.10. The Labute approximate surface area is 88.7 Å². The summed E-state index contributed by atoms with van der Waals surface area (Å²) >= 11 is 0. The third kappa shape index (κ3) is 1.94. The second-order valence-corrected chi connectivity index (χ2v) is 4.19. The Morgan fingerprint density at radius 3 is 2.60 bits per heavy atom. The lowest BCUT2D eigenvalue weighted by atomic mass is 9.78. The van der Waals surface area contributed by atoms with E-state index in [0.717, 1.165) is 24.8 Å². The summed E-state index contributed by atoms with van der Waals surface area (Å²) in [5, 5.41) is 12.2. The Hall–Kier alpha value is -1.56. The summed E-state index contributed by atoms with van der Waals surface area (Å²) in [4.78, 5) is 0. The van der Waals surface area contributed by atoms with Crippen molar-refractivity contribution in [2.45, 2.75) is 31.7 Å². The van der Waals surface area contributed by atoms with Gasteiger partial charge in [-0.3, -0.25) is 0 Å². The summed E-state index contributed by atoms with van der Waals surface area (Å²) in [6.07, 6.45) is 2.76. The van der Waals surface area contributed by atoms with Crippen LogP contribution in [0.5, 0.6) is 0 Å². The van der Waals surface area contributed by atoms with Crippen LogP contribution in [-0.4, -0.2) is 5.54 Å². The minimum absolute atomic E-state index is 0.259. The van der Waals surface area contributed by atoms with Gasteiger partial charge in [0.05, 0.1) is 6.07 Å². The highest BCUT2D eigenvalue weighted by atomic mass is 19.1. The fourth-order valence-corrected chi connectivity index (χ4v) is 1.88. The lowest BCUT2D eigenvalue weighted by Gasteiger charge is -2.36. The number of anilines is 1. The highest BCUT2D eigenvalue weighted by Gasteiger charge is 2.37. The summed E-state index contributed by atoms with van der Waals surface area (Å²) in [7, 11) is 0. The van der Waals surface area contributed by atoms with Gasteiger partial charge >= 0.3 is 0 Å². The summed E-state index contributed by atoms with van der Waals surface area (Å²) in [6.45, 7) is 1.84. The predicted octanol–water partition coefficient (Wildman–Crippen LogP) is 2.99. The van der Waals surface area contributed by atoms with Crippen molar-refractivity contribution < 1.29 is 4.39 Å². The molecule has 0 radical (unpaired) electrons. The van der Waals surface area contributed by atoms with Crippen LogP contribution in [0.25, 0.3) is 0 Å². The summed E-state index contributed by atoms with van der Waals surface area (Å²) in [5.74, 6) is -0.259. The van der Waals surface area contributed by atoms with E-state index in [1.165, 1.54) is 12.1 Å². The molecule has 0 bridgehead atoms. The van der Waals surface area contributed by atoms with Crippen molar-refractivity contribution in [2.75, 3.05) is 5.32 Å². The van der Waals surface area contributed by atoms with Crippen LogP contribution < -0.4 is 5.32 Å². The van der Waals surface area contributed by atoms with Crippen LogP contribution in [-0.2, 0) is 0 Å². The normalized spacial score (nSPS) is 17.7. The summed E-state index contributed by atoms with van der Waals surface area (Å²) in [6, 6.07) is 7.04. The average Bonchev–Trinajstić information content (AvgIpc) is 2.10. The van der Waals surface area contributed by atoms with E-state index in [1.54, 1.807) is 0 Å². The van der Waals surface area contributed by atoms with Gasteiger partial charge in [0, 0.05) is 5.69 Å². The Kier molecular flexibility index (Phi) is 2.36. The second kappa shape index (κ2) is 3.54. The van der Waals surface area contributed by atoms with Gasteiger partial charge in [0.15, 0.2) is 0 Å². The molecule has 0 saturated heterocycles. The van der Waals surface area contributed by atoms with Crippen molar-refractivity contribution in [2.24, 2.45) is 0 Å². The first kappa shape index (κ1) is 9.97. The molecule has 1 N–H and O–H groups in total. The van der Waals surface area contributed by atoms with Crippen LogP contribution in [0.15, 0.2) is 18.2 Å². The molecule has 1 aliphatic carbocycles. The van der Waals surface area contributed by atoms with Gasteiger partial charge in [0.2, 0.25) is 0 Å². The van der Waals surface area contributed by atoms with Gasteiger partial charge in [0.25, 0.3) is 0 Å². The zero-order valence-electron chi connectivity index (χ0n) is 8.68. The number of nitrogens with one attached hydrogen (secondary N) is 1. The van der Waals surface area contributed by atoms with Crippen molar-refractivity contribution in [1.82, 2.24) is 0 Å². The molecular weight excluding hydrogens is 191 g/mol. The van der Waals surface area contributed by atoms with E-state index < -0.39 is 5.54 Å². The van der Waals surface area contributed by atoms with E-state index >= 15 is 0 Å². The molecule has 1 aromatic rings. The van der Waals surface area contributed by atoms with E-state index in [9.17, 15) is 4.39 Å². The van der Waals surface area contributed by atoms with Crippen LogP contribution >= 0.6 is 0 Å². The maximum atomic E-state index is 13.1. The molecule has 78 valence electrons. The third-order valence-electron chi connectivity index (χ3n) is 2.85. The molecule has 0 atom stereocenters. The molecule has 0 amide bonds. The van der Waals surface area contributed by atoms with Gasteiger partial charge in [-0.05, 0) is 49.9 Å². The molecule has 1 saturated carbocycles. The van der Waals surface area contributed by atoms with Gasteiger partial charge in [-0.15, -0.1) is 0 Å². The van der Waals surface area contributed by atoms with Crippen LogP contribution in [0.1, 0.15) is 24.8 Å². The molecule has 3 heteroatoms. The number of halogens is 1. The van der Waals surface area contributed by atoms with Crippen molar-refractivity contribution >= 4 is 5.69 Å². The second-order valence-electron chi connectivity index (χ2n) is 4.19. The quantitative estimate of drug-likeness (QED) is 0.803. The van der Waals surface area contributed by atoms with E-state index in [0.29, 0.717) is 5.69 Å². The van der Waals surface area contributed by atoms with E-state index in [1.807, 2.05) is 13.0 Å². The smallest absolute Gasteiger partial charge is 0.125 e. The zero-order valence-corrected chi connectivity index (χ0v) is 8.68. The first-order chi connectivity index (χ1) is 7.13. The zero-order chi connectivity index (χ0) is 10.9. The van der Waals surface area contributed by atoms with E-state index in [2.05, 4.69) is 11.4 Å². The number of hydrogen-bond donors (Lipinski definition) is 1. The number of nitrogens with zero attached hydrogens (tertiary/aromatic N) is 1. The Morgan fingerprint density at radius 2 is 2.13 bits per heavy atom. The van der Waals surface area contributed by atoms with Crippen molar-refractivity contribution in [3.63, 3.8) is 0 Å². The largest absolute Gasteiger partial charge is 0.367 e. The van der Waals surface area contributed by atoms with Crippen molar-refractivity contribution in [3.05, 3.63) is 29.6 Å². The topological polar surface area (TPSA) is 35.8 Å². The molecule has 15 heavy (non-hydrogen) atoms. The maximum absolute atomic E-state index is 13.1. The molecule has 0 aliphatic heterocycles. The average molecular weight is 204 g/mol. The number of benzene rings is 1. The Bertz CT molecular complexity index is 396. The molecule has 0 heterocycles. The molecule has 0 aromatic heterocycles. The lowest BCUT2D eigenvalue weighted by Crippen LogP contribution is -2.43. The van der Waals surface area contributed by atoms with Crippen LogP contribution in [0.2, 0.25) is 0 Å². The van der Waals surface area contributed by atoms with Gasteiger partial charge in [0.1, 0.15) is 11.4 Å². The molecular formula is C12H13FN2. The summed E-state index contributed by atoms with van der Waals surface area (Å²) in [5.41, 5.74) is 1.11. The third-order valence-corrected chi connectivity index (χ3v) is 2.85. The van der Waals surface area contributed by atoms with E-state index in [-0.39, 0.29) is 5.82 Å². The number of rotatable bonds is 2. The SMILES string of the molecule is Cc1cc(F)cc(NC2(C#N)CCC2)c1. The fraction of sp³-hybridized carbons (Fsp3) is 0.417. The maximum Gasteiger partial charge on any atom is 0.125 e. The van der Waals surface area contributed by atoms with Gasteiger partial charge in [-0.25, -0.2) is 4.39 Å². The molecule has 2 rings (SSSR count). The monoisotopic (exact) mass is 204 g/mol. The molecule has 0 spiro atoms. The Balaban J connectivity index is 2.21. The van der Waals surface area contributed by atoms with Gasteiger partial charge < -0.3 is 5.32 Å². The Morgan fingerprint density at radius 1 is 1.40 bits per heavy atom. The minimum atomic E-state index is -0.458. The van der Waals surface area contributed by atoms with E-state index in [4.69, 9.17) is 5.26 Å². The number of nitriles is 1. The highest BCUT2D eigenvalue weighted by Crippen LogP contribution is 2.34. The number of aryl methyl sites for hydroxylation is 1. The van der Waals surface area contributed by atoms with Gasteiger partial charge in [-0.1, -0.05) is 0 Å². The number of hydrogen-bond acceptors (Lipinski definition) is 2. The molecule has 1 fully saturated rings. The van der Waals surface area contributed by atoms with Crippen molar-refractivity contribution in [1.29, 1.82) is 5.26 Å². The highest BCUT2D eigenvalue weighted by molar-refractivity contribution is 5.50. The van der Waals surface area contributed by atoms with Gasteiger partial charge in [-0.2, -0.15) is 5.26 Å². The van der Waals surface area contributed by atoms with Crippen LogP contribution in [0, 0.1) is 24.1 Å². The van der Waals surface area contributed by atoms with Crippen LogP contribution in [0.3, 0.4) is 0 Å². The molecule has 2 nitrogen and oxygen atoms in total. The molecule has 1 aliphatic rings. The predicted molar refractivity (Wildman–Crippen MR) is 57.0 cm³/mol. The standard InChI is InChI=1S/C12H13FN2/c1-9-5-10(13)7-11(6-9)15-12(8-14)3-2-4-12/h5-7,15H,2-4H2,1H3. The summed E-state index contributed by atoms with van der Waals surface area (Å²) < 4.78 is 13.1. The molecule has 1 aromatic carbocycles. The first-order valence-corrected chi connectivity index (χ1v) is 5.10. The van der Waals surface area contributed by atoms with Crippen LogP contribution in [0.4, 0.5) is 10.1 Å². The molecule has 0 unspecified atom stereocenters.